The van der Waals surface area contributed by atoms with Gasteiger partial charge in [-0.2, -0.15) is 0 Å². The number of rotatable bonds is 2. The zero-order valence-corrected chi connectivity index (χ0v) is 10.3. The normalized spacial score (nSPS) is 17.6. The first-order valence-electron chi connectivity index (χ1n) is 5.22. The van der Waals surface area contributed by atoms with Crippen molar-refractivity contribution in [2.75, 3.05) is 6.61 Å². The van der Waals surface area contributed by atoms with Gasteiger partial charge in [0.1, 0.15) is 11.6 Å². The first-order chi connectivity index (χ1) is 7.68. The maximum atomic E-state index is 13.1. The fourth-order valence-corrected chi connectivity index (χ4v) is 2.06. The maximum absolute atomic E-state index is 13.1. The number of benzene rings is 1. The van der Waals surface area contributed by atoms with Gasteiger partial charge in [-0.1, -0.05) is 6.07 Å². The van der Waals surface area contributed by atoms with Crippen molar-refractivity contribution in [1.82, 2.24) is 0 Å². The third-order valence-electron chi connectivity index (χ3n) is 2.57. The van der Waals surface area contributed by atoms with E-state index in [1.54, 1.807) is 12.1 Å². The molecule has 2 nitrogen and oxygen atoms in total. The summed E-state index contributed by atoms with van der Waals surface area (Å²) in [4.78, 5) is 0. The van der Waals surface area contributed by atoms with Gasteiger partial charge in [0.25, 0.3) is 0 Å². The zero-order chi connectivity index (χ0) is 11.5. The fraction of sp³-hybridized carbons (Fsp3) is 0.333. The predicted molar refractivity (Wildman–Crippen MR) is 64.3 cm³/mol. The van der Waals surface area contributed by atoms with Gasteiger partial charge in [0.15, 0.2) is 0 Å². The molecule has 1 aromatic rings. The van der Waals surface area contributed by atoms with Gasteiger partial charge in [0.05, 0.1) is 17.1 Å². The standard InChI is InChI=1S/C12H13BrFNO/c13-9-7-8(4-5-10(9)14)12(15)11-3-1-2-6-16-11/h3-5,7,12H,1-2,6,15H2. The molecule has 4 heteroatoms. The molecule has 0 aliphatic carbocycles. The number of hydrogen-bond donors (Lipinski definition) is 1. The Morgan fingerprint density at radius 1 is 1.44 bits per heavy atom. The molecular weight excluding hydrogens is 273 g/mol. The molecule has 1 aromatic carbocycles. The van der Waals surface area contributed by atoms with Gasteiger partial charge in [-0.25, -0.2) is 4.39 Å². The zero-order valence-electron chi connectivity index (χ0n) is 8.75. The van der Waals surface area contributed by atoms with Crippen LogP contribution in [0.25, 0.3) is 0 Å². The Hall–Kier alpha value is -0.870. The molecule has 0 bridgehead atoms. The van der Waals surface area contributed by atoms with E-state index in [2.05, 4.69) is 15.9 Å². The van der Waals surface area contributed by atoms with Gasteiger partial charge in [0.2, 0.25) is 0 Å². The van der Waals surface area contributed by atoms with Gasteiger partial charge in [-0.05, 0) is 52.5 Å². The molecule has 2 rings (SSSR count). The van der Waals surface area contributed by atoms with Crippen molar-refractivity contribution in [2.24, 2.45) is 5.73 Å². The molecule has 0 aromatic heterocycles. The number of hydrogen-bond acceptors (Lipinski definition) is 2. The highest BCUT2D eigenvalue weighted by Crippen LogP contribution is 2.26. The Balaban J connectivity index is 2.22. The summed E-state index contributed by atoms with van der Waals surface area (Å²) >= 11 is 3.15. The highest BCUT2D eigenvalue weighted by atomic mass is 79.9. The van der Waals surface area contributed by atoms with E-state index < -0.39 is 0 Å². The summed E-state index contributed by atoms with van der Waals surface area (Å²) in [5.41, 5.74) is 6.90. The third kappa shape index (κ3) is 2.44. The number of ether oxygens (including phenoxy) is 1. The fourth-order valence-electron chi connectivity index (χ4n) is 1.66. The van der Waals surface area contributed by atoms with E-state index in [1.165, 1.54) is 6.07 Å². The van der Waals surface area contributed by atoms with E-state index in [-0.39, 0.29) is 11.9 Å². The van der Waals surface area contributed by atoms with Gasteiger partial charge < -0.3 is 10.5 Å². The maximum Gasteiger partial charge on any atom is 0.137 e. The molecule has 16 heavy (non-hydrogen) atoms. The summed E-state index contributed by atoms with van der Waals surface area (Å²) in [5, 5.41) is 0. The molecule has 1 heterocycles. The smallest absolute Gasteiger partial charge is 0.137 e. The summed E-state index contributed by atoms with van der Waals surface area (Å²) in [5.74, 6) is 0.499. The van der Waals surface area contributed by atoms with E-state index in [1.807, 2.05) is 6.08 Å². The summed E-state index contributed by atoms with van der Waals surface area (Å²) in [6.45, 7) is 0.710. The largest absolute Gasteiger partial charge is 0.496 e. The quantitative estimate of drug-likeness (QED) is 0.905. The molecule has 0 saturated carbocycles. The highest BCUT2D eigenvalue weighted by Gasteiger charge is 2.16. The minimum atomic E-state index is -0.308. The lowest BCUT2D eigenvalue weighted by Crippen LogP contribution is -2.17. The topological polar surface area (TPSA) is 35.2 Å². The van der Waals surface area contributed by atoms with Crippen LogP contribution in [0.1, 0.15) is 24.4 Å². The monoisotopic (exact) mass is 285 g/mol. The Bertz CT molecular complexity index is 419. The van der Waals surface area contributed by atoms with E-state index in [0.717, 1.165) is 24.2 Å². The lowest BCUT2D eigenvalue weighted by atomic mass is 10.0. The first kappa shape index (κ1) is 11.6. The molecule has 0 fully saturated rings. The summed E-state index contributed by atoms with van der Waals surface area (Å²) in [7, 11) is 0. The SMILES string of the molecule is NC(C1=CCCCO1)c1ccc(F)c(Br)c1. The van der Waals surface area contributed by atoms with Crippen LogP contribution < -0.4 is 5.73 Å². The van der Waals surface area contributed by atoms with Crippen LogP contribution in [0.5, 0.6) is 0 Å². The summed E-state index contributed by atoms with van der Waals surface area (Å²) < 4.78 is 19.0. The lowest BCUT2D eigenvalue weighted by molar-refractivity contribution is 0.176. The predicted octanol–water partition coefficient (Wildman–Crippen LogP) is 3.28. The molecule has 0 saturated heterocycles. The van der Waals surface area contributed by atoms with Crippen LogP contribution in [-0.4, -0.2) is 6.61 Å². The van der Waals surface area contributed by atoms with E-state index in [0.29, 0.717) is 11.1 Å². The highest BCUT2D eigenvalue weighted by molar-refractivity contribution is 9.10. The van der Waals surface area contributed by atoms with Crippen LogP contribution >= 0.6 is 15.9 Å². The average Bonchev–Trinajstić information content (AvgIpc) is 2.33. The molecular formula is C12H13BrFNO. The molecule has 2 N–H and O–H groups in total. The van der Waals surface area contributed by atoms with Crippen molar-refractivity contribution in [3.05, 3.63) is 45.9 Å². The number of nitrogens with two attached hydrogens (primary N) is 1. The molecule has 0 radical (unpaired) electrons. The van der Waals surface area contributed by atoms with Crippen molar-refractivity contribution in [2.45, 2.75) is 18.9 Å². The molecule has 1 atom stereocenters. The summed E-state index contributed by atoms with van der Waals surface area (Å²) in [6, 6.07) is 4.47. The number of halogens is 2. The van der Waals surface area contributed by atoms with Crippen molar-refractivity contribution < 1.29 is 9.13 Å². The van der Waals surface area contributed by atoms with Gasteiger partial charge in [0, 0.05) is 0 Å². The van der Waals surface area contributed by atoms with Crippen LogP contribution in [0.15, 0.2) is 34.5 Å². The van der Waals surface area contributed by atoms with Gasteiger partial charge in [-0.3, -0.25) is 0 Å². The molecule has 0 amide bonds. The average molecular weight is 286 g/mol. The van der Waals surface area contributed by atoms with E-state index >= 15 is 0 Å². The minimum absolute atomic E-state index is 0.283. The van der Waals surface area contributed by atoms with Crippen molar-refractivity contribution >= 4 is 15.9 Å². The van der Waals surface area contributed by atoms with Crippen LogP contribution in [0.3, 0.4) is 0 Å². The Morgan fingerprint density at radius 3 is 2.88 bits per heavy atom. The third-order valence-corrected chi connectivity index (χ3v) is 3.18. The van der Waals surface area contributed by atoms with Crippen molar-refractivity contribution in [1.29, 1.82) is 0 Å². The van der Waals surface area contributed by atoms with Crippen molar-refractivity contribution in [3.8, 4) is 0 Å². The van der Waals surface area contributed by atoms with E-state index in [9.17, 15) is 4.39 Å². The van der Waals surface area contributed by atoms with Gasteiger partial charge in [-0.15, -0.1) is 0 Å². The lowest BCUT2D eigenvalue weighted by Gasteiger charge is -2.21. The molecule has 0 spiro atoms. The van der Waals surface area contributed by atoms with Crippen LogP contribution in [0.4, 0.5) is 4.39 Å². The van der Waals surface area contributed by atoms with E-state index in [4.69, 9.17) is 10.5 Å². The second kappa shape index (κ2) is 4.97. The minimum Gasteiger partial charge on any atom is -0.496 e. The molecule has 1 aliphatic heterocycles. The first-order valence-corrected chi connectivity index (χ1v) is 6.01. The summed E-state index contributed by atoms with van der Waals surface area (Å²) in [6.07, 6.45) is 4.03. The Morgan fingerprint density at radius 2 is 2.25 bits per heavy atom. The Labute approximate surface area is 102 Å². The van der Waals surface area contributed by atoms with Gasteiger partial charge >= 0.3 is 0 Å². The second-order valence-electron chi connectivity index (χ2n) is 3.75. The van der Waals surface area contributed by atoms with Crippen LogP contribution in [-0.2, 0) is 4.74 Å². The van der Waals surface area contributed by atoms with Crippen molar-refractivity contribution in [3.63, 3.8) is 0 Å². The molecule has 1 aliphatic rings. The molecule has 86 valence electrons. The number of allylic oxidation sites excluding steroid dienone is 1. The van der Waals surface area contributed by atoms with Crippen LogP contribution in [0, 0.1) is 5.82 Å². The second-order valence-corrected chi connectivity index (χ2v) is 4.60. The van der Waals surface area contributed by atoms with Crippen LogP contribution in [0.2, 0.25) is 0 Å². The Kier molecular flexibility index (Phi) is 3.61. The molecule has 1 unspecified atom stereocenters.